The van der Waals surface area contributed by atoms with Crippen molar-refractivity contribution < 1.29 is 14.4 Å². The van der Waals surface area contributed by atoms with Crippen LogP contribution < -0.4 is 0 Å². The Labute approximate surface area is 88.8 Å². The van der Waals surface area contributed by atoms with E-state index >= 15 is 0 Å². The van der Waals surface area contributed by atoms with E-state index in [9.17, 15) is 0 Å². The molecule has 0 bridgehead atoms. The number of aromatic nitrogens is 2. The summed E-state index contributed by atoms with van der Waals surface area (Å²) in [5, 5.41) is 12.9. The predicted molar refractivity (Wildman–Crippen MR) is 53.0 cm³/mol. The van der Waals surface area contributed by atoms with Gasteiger partial charge in [-0.05, 0) is 14.0 Å². The van der Waals surface area contributed by atoms with Crippen molar-refractivity contribution in [3.63, 3.8) is 0 Å². The average molecular weight is 215 g/mol. The average Bonchev–Trinajstić information content (AvgIpc) is 2.51. The summed E-state index contributed by atoms with van der Waals surface area (Å²) >= 11 is 0. The van der Waals surface area contributed by atoms with Gasteiger partial charge in [-0.1, -0.05) is 5.16 Å². The Bertz CT molecular complexity index is 288. The van der Waals surface area contributed by atoms with E-state index in [1.165, 1.54) is 0 Å². The largest absolute Gasteiger partial charge is 0.392 e. The second-order valence-corrected chi connectivity index (χ2v) is 3.58. The van der Waals surface area contributed by atoms with Crippen LogP contribution in [-0.4, -0.2) is 47.0 Å². The smallest absolute Gasteiger partial charge is 0.240 e. The molecule has 6 nitrogen and oxygen atoms in total. The van der Waals surface area contributed by atoms with Gasteiger partial charge < -0.3 is 14.4 Å². The normalized spacial score (nSPS) is 13.4. The molecule has 1 aromatic rings. The Balaban J connectivity index is 2.42. The molecule has 6 heteroatoms. The molecular weight excluding hydrogens is 198 g/mol. The van der Waals surface area contributed by atoms with E-state index in [2.05, 4.69) is 10.1 Å². The predicted octanol–water partition coefficient (Wildman–Crippen LogP) is 0.0286. The summed E-state index contributed by atoms with van der Waals surface area (Å²) in [5.41, 5.74) is 0. The van der Waals surface area contributed by atoms with E-state index in [0.717, 1.165) is 0 Å². The minimum atomic E-state index is -0.364. The standard InChI is InChI=1S/C9H17N3O3/c1-7(13)4-12(2)5-9-10-8(6-14-3)11-15-9/h7,13H,4-6H2,1-3H3. The van der Waals surface area contributed by atoms with E-state index in [1.807, 2.05) is 11.9 Å². The molecule has 0 fully saturated rings. The van der Waals surface area contributed by atoms with Gasteiger partial charge in [-0.25, -0.2) is 0 Å². The van der Waals surface area contributed by atoms with Gasteiger partial charge in [-0.15, -0.1) is 0 Å². The number of hydrogen-bond donors (Lipinski definition) is 1. The molecule has 0 amide bonds. The number of rotatable bonds is 6. The molecule has 1 unspecified atom stereocenters. The highest BCUT2D eigenvalue weighted by atomic mass is 16.5. The number of likely N-dealkylation sites (N-methyl/N-ethyl adjacent to an activating group) is 1. The van der Waals surface area contributed by atoms with E-state index < -0.39 is 0 Å². The zero-order valence-electron chi connectivity index (χ0n) is 9.30. The molecule has 0 saturated carbocycles. The van der Waals surface area contributed by atoms with Gasteiger partial charge in [-0.2, -0.15) is 4.98 Å². The molecular formula is C9H17N3O3. The Hall–Kier alpha value is -0.980. The van der Waals surface area contributed by atoms with Crippen molar-refractivity contribution >= 4 is 0 Å². The summed E-state index contributed by atoms with van der Waals surface area (Å²) in [6.07, 6.45) is -0.364. The maximum absolute atomic E-state index is 9.16. The maximum atomic E-state index is 9.16. The van der Waals surface area contributed by atoms with Gasteiger partial charge >= 0.3 is 0 Å². The first-order chi connectivity index (χ1) is 7.11. The molecule has 0 aromatic carbocycles. The molecule has 1 heterocycles. The van der Waals surface area contributed by atoms with E-state index in [0.29, 0.717) is 31.4 Å². The molecule has 0 aliphatic carbocycles. The van der Waals surface area contributed by atoms with Crippen LogP contribution >= 0.6 is 0 Å². The van der Waals surface area contributed by atoms with Gasteiger partial charge in [0.2, 0.25) is 5.89 Å². The molecule has 0 spiro atoms. The maximum Gasteiger partial charge on any atom is 0.240 e. The number of aliphatic hydroxyl groups excluding tert-OH is 1. The molecule has 0 radical (unpaired) electrons. The van der Waals surface area contributed by atoms with Crippen LogP contribution in [0.3, 0.4) is 0 Å². The number of hydrogen-bond acceptors (Lipinski definition) is 6. The summed E-state index contributed by atoms with van der Waals surface area (Å²) in [7, 11) is 3.46. The highest BCUT2D eigenvalue weighted by Gasteiger charge is 2.10. The van der Waals surface area contributed by atoms with Crippen molar-refractivity contribution in [3.05, 3.63) is 11.7 Å². The highest BCUT2D eigenvalue weighted by Crippen LogP contribution is 2.02. The van der Waals surface area contributed by atoms with Crippen LogP contribution in [0.5, 0.6) is 0 Å². The summed E-state index contributed by atoms with van der Waals surface area (Å²) < 4.78 is 9.88. The monoisotopic (exact) mass is 215 g/mol. The topological polar surface area (TPSA) is 71.6 Å². The SMILES string of the molecule is COCc1noc(CN(C)CC(C)O)n1. The van der Waals surface area contributed by atoms with Gasteiger partial charge in [-0.3, -0.25) is 4.90 Å². The molecule has 1 atom stereocenters. The third kappa shape index (κ3) is 4.37. The molecule has 1 aromatic heterocycles. The highest BCUT2D eigenvalue weighted by molar-refractivity contribution is 4.84. The lowest BCUT2D eigenvalue weighted by molar-refractivity contribution is 0.131. The third-order valence-electron chi connectivity index (χ3n) is 1.76. The lowest BCUT2D eigenvalue weighted by Crippen LogP contribution is -2.26. The second kappa shape index (κ2) is 5.79. The minimum Gasteiger partial charge on any atom is -0.392 e. The van der Waals surface area contributed by atoms with E-state index in [4.69, 9.17) is 14.4 Å². The molecule has 0 saturated heterocycles. The summed E-state index contributed by atoms with van der Waals surface area (Å²) in [6, 6.07) is 0. The van der Waals surface area contributed by atoms with Crippen LogP contribution in [-0.2, 0) is 17.9 Å². The zero-order chi connectivity index (χ0) is 11.3. The Morgan fingerprint density at radius 3 is 2.93 bits per heavy atom. The minimum absolute atomic E-state index is 0.351. The van der Waals surface area contributed by atoms with Gasteiger partial charge in [0.15, 0.2) is 5.82 Å². The van der Waals surface area contributed by atoms with Crippen LogP contribution in [0.25, 0.3) is 0 Å². The van der Waals surface area contributed by atoms with Crippen LogP contribution in [0.4, 0.5) is 0 Å². The van der Waals surface area contributed by atoms with Crippen LogP contribution in [0.1, 0.15) is 18.6 Å². The number of aliphatic hydroxyl groups is 1. The van der Waals surface area contributed by atoms with Crippen molar-refractivity contribution in [1.29, 1.82) is 0 Å². The summed E-state index contributed by atoms with van der Waals surface area (Å²) in [6.45, 7) is 3.19. The van der Waals surface area contributed by atoms with Crippen LogP contribution in [0.15, 0.2) is 4.52 Å². The Kier molecular flexibility index (Phi) is 4.67. The molecule has 1 rings (SSSR count). The Morgan fingerprint density at radius 1 is 1.60 bits per heavy atom. The second-order valence-electron chi connectivity index (χ2n) is 3.58. The van der Waals surface area contributed by atoms with Crippen molar-refractivity contribution in [2.45, 2.75) is 26.2 Å². The molecule has 0 aliphatic heterocycles. The lowest BCUT2D eigenvalue weighted by Gasteiger charge is -2.15. The Morgan fingerprint density at radius 2 is 2.33 bits per heavy atom. The summed E-state index contributed by atoms with van der Waals surface area (Å²) in [4.78, 5) is 6.03. The van der Waals surface area contributed by atoms with Gasteiger partial charge in [0.25, 0.3) is 0 Å². The van der Waals surface area contributed by atoms with E-state index in [1.54, 1.807) is 14.0 Å². The van der Waals surface area contributed by atoms with E-state index in [-0.39, 0.29) is 6.10 Å². The van der Waals surface area contributed by atoms with Crippen LogP contribution in [0.2, 0.25) is 0 Å². The van der Waals surface area contributed by atoms with Crippen LogP contribution in [0, 0.1) is 0 Å². The van der Waals surface area contributed by atoms with Gasteiger partial charge in [0.1, 0.15) is 6.61 Å². The number of nitrogens with zero attached hydrogens (tertiary/aromatic N) is 3. The van der Waals surface area contributed by atoms with Gasteiger partial charge in [0.05, 0.1) is 12.6 Å². The fourth-order valence-electron chi connectivity index (χ4n) is 1.29. The van der Waals surface area contributed by atoms with Crippen molar-refractivity contribution in [3.8, 4) is 0 Å². The number of ether oxygens (including phenoxy) is 1. The molecule has 1 N–H and O–H groups in total. The van der Waals surface area contributed by atoms with Crippen molar-refractivity contribution in [2.24, 2.45) is 0 Å². The lowest BCUT2D eigenvalue weighted by atomic mass is 10.4. The fraction of sp³-hybridized carbons (Fsp3) is 0.778. The first-order valence-corrected chi connectivity index (χ1v) is 4.79. The van der Waals surface area contributed by atoms with Crippen molar-refractivity contribution in [1.82, 2.24) is 15.0 Å². The quantitative estimate of drug-likeness (QED) is 0.721. The third-order valence-corrected chi connectivity index (χ3v) is 1.76. The summed E-state index contributed by atoms with van der Waals surface area (Å²) in [5.74, 6) is 1.07. The van der Waals surface area contributed by atoms with Crippen molar-refractivity contribution in [2.75, 3.05) is 20.7 Å². The fourth-order valence-corrected chi connectivity index (χ4v) is 1.29. The first kappa shape index (κ1) is 12.1. The zero-order valence-corrected chi connectivity index (χ0v) is 9.30. The first-order valence-electron chi connectivity index (χ1n) is 4.79. The molecule has 86 valence electrons. The number of methoxy groups -OCH3 is 1. The molecule has 15 heavy (non-hydrogen) atoms. The van der Waals surface area contributed by atoms with Gasteiger partial charge in [0, 0.05) is 13.7 Å². The molecule has 0 aliphatic rings.